The first-order chi connectivity index (χ1) is 7.86. The lowest BCUT2D eigenvalue weighted by atomic mass is 9.69. The summed E-state index contributed by atoms with van der Waals surface area (Å²) in [7, 11) is 0. The first-order valence-electron chi connectivity index (χ1n) is 6.31. The Bertz CT molecular complexity index is 412. The molecular weight excluding hydrogens is 224 g/mol. The molecule has 0 saturated carbocycles. The van der Waals surface area contributed by atoms with Gasteiger partial charge in [0.25, 0.3) is 0 Å². The summed E-state index contributed by atoms with van der Waals surface area (Å²) in [5.41, 5.74) is 0.758. The Morgan fingerprint density at radius 3 is 2.24 bits per heavy atom. The summed E-state index contributed by atoms with van der Waals surface area (Å²) in [5.74, 6) is 0. The van der Waals surface area contributed by atoms with Crippen molar-refractivity contribution in [2.45, 2.75) is 45.4 Å². The molecule has 1 aromatic carbocycles. The van der Waals surface area contributed by atoms with Gasteiger partial charge in [-0.15, -0.1) is 0 Å². The van der Waals surface area contributed by atoms with E-state index < -0.39 is 0 Å². The first kappa shape index (κ1) is 12.8. The molecule has 0 bridgehead atoms. The van der Waals surface area contributed by atoms with Crippen LogP contribution in [0, 0.1) is 10.8 Å². The van der Waals surface area contributed by atoms with Crippen LogP contribution in [0.15, 0.2) is 46.2 Å². The van der Waals surface area contributed by atoms with E-state index in [9.17, 15) is 0 Å². The average molecular weight is 246 g/mol. The fraction of sp³-hybridized carbons (Fsp3) is 0.500. The van der Waals surface area contributed by atoms with Gasteiger partial charge in [-0.05, 0) is 40.7 Å². The summed E-state index contributed by atoms with van der Waals surface area (Å²) in [6.45, 7) is 9.46. The number of allylic oxidation sites excluding steroid dienone is 2. The van der Waals surface area contributed by atoms with E-state index in [0.29, 0.717) is 10.8 Å². The normalized spacial score (nSPS) is 22.0. The molecule has 0 spiro atoms. The summed E-state index contributed by atoms with van der Waals surface area (Å²) >= 11 is 1.93. The second-order valence-electron chi connectivity index (χ2n) is 6.53. The standard InChI is InChI=1S/C16H22S/c1-15(2)10-14(11-16(3,4)12-15)17-13-8-6-5-7-9-13/h5-10H,11-12H2,1-4H3. The van der Waals surface area contributed by atoms with Gasteiger partial charge < -0.3 is 0 Å². The maximum Gasteiger partial charge on any atom is 0.0118 e. The lowest BCUT2D eigenvalue weighted by Gasteiger charge is -2.39. The molecule has 1 aliphatic rings. The Hall–Kier alpha value is -0.690. The van der Waals surface area contributed by atoms with Crippen molar-refractivity contribution in [3.8, 4) is 0 Å². The molecule has 0 aromatic heterocycles. The third-order valence-electron chi connectivity index (χ3n) is 3.13. The van der Waals surface area contributed by atoms with Gasteiger partial charge in [-0.3, -0.25) is 0 Å². The molecule has 0 atom stereocenters. The minimum Gasteiger partial charge on any atom is -0.0949 e. The summed E-state index contributed by atoms with van der Waals surface area (Å²) in [6, 6.07) is 10.7. The molecule has 0 radical (unpaired) electrons. The largest absolute Gasteiger partial charge is 0.0949 e. The highest BCUT2D eigenvalue weighted by Crippen LogP contribution is 2.48. The van der Waals surface area contributed by atoms with Gasteiger partial charge in [0.05, 0.1) is 0 Å². The molecule has 1 heteroatoms. The highest BCUT2D eigenvalue weighted by atomic mass is 32.2. The highest BCUT2D eigenvalue weighted by Gasteiger charge is 2.33. The van der Waals surface area contributed by atoms with Crippen LogP contribution in [0.4, 0.5) is 0 Å². The molecule has 0 amide bonds. The van der Waals surface area contributed by atoms with Crippen LogP contribution in [0.5, 0.6) is 0 Å². The van der Waals surface area contributed by atoms with Crippen LogP contribution in [-0.4, -0.2) is 0 Å². The van der Waals surface area contributed by atoms with Crippen LogP contribution in [0.3, 0.4) is 0 Å². The number of thioether (sulfide) groups is 1. The maximum atomic E-state index is 2.47. The van der Waals surface area contributed by atoms with Crippen molar-refractivity contribution in [1.29, 1.82) is 0 Å². The molecule has 92 valence electrons. The average Bonchev–Trinajstić information content (AvgIpc) is 2.13. The number of rotatable bonds is 2. The maximum absolute atomic E-state index is 2.47. The summed E-state index contributed by atoms with van der Waals surface area (Å²) in [5, 5.41) is 0. The van der Waals surface area contributed by atoms with Crippen molar-refractivity contribution in [3.05, 3.63) is 41.3 Å². The van der Waals surface area contributed by atoms with E-state index in [-0.39, 0.29) is 0 Å². The molecule has 0 fully saturated rings. The van der Waals surface area contributed by atoms with Crippen LogP contribution < -0.4 is 0 Å². The lowest BCUT2D eigenvalue weighted by molar-refractivity contribution is 0.220. The molecule has 0 unspecified atom stereocenters. The van der Waals surface area contributed by atoms with Crippen LogP contribution in [0.1, 0.15) is 40.5 Å². The zero-order valence-electron chi connectivity index (χ0n) is 11.3. The van der Waals surface area contributed by atoms with Crippen molar-refractivity contribution < 1.29 is 0 Å². The van der Waals surface area contributed by atoms with E-state index >= 15 is 0 Å². The predicted octanol–water partition coefficient (Wildman–Crippen LogP) is 5.51. The number of hydrogen-bond donors (Lipinski definition) is 0. The van der Waals surface area contributed by atoms with Gasteiger partial charge in [-0.2, -0.15) is 0 Å². The molecule has 0 heterocycles. The van der Waals surface area contributed by atoms with E-state index in [1.54, 1.807) is 0 Å². The van der Waals surface area contributed by atoms with E-state index in [2.05, 4.69) is 64.1 Å². The van der Waals surface area contributed by atoms with E-state index in [0.717, 1.165) is 0 Å². The lowest BCUT2D eigenvalue weighted by Crippen LogP contribution is -2.26. The number of hydrogen-bond acceptors (Lipinski definition) is 1. The van der Waals surface area contributed by atoms with Crippen molar-refractivity contribution in [3.63, 3.8) is 0 Å². The Morgan fingerprint density at radius 2 is 1.65 bits per heavy atom. The zero-order chi connectivity index (χ0) is 12.5. The van der Waals surface area contributed by atoms with Gasteiger partial charge in [0, 0.05) is 4.90 Å². The highest BCUT2D eigenvalue weighted by molar-refractivity contribution is 8.03. The van der Waals surface area contributed by atoms with Crippen molar-refractivity contribution in [1.82, 2.24) is 0 Å². The Balaban J connectivity index is 2.19. The van der Waals surface area contributed by atoms with Crippen molar-refractivity contribution in [2.24, 2.45) is 10.8 Å². The first-order valence-corrected chi connectivity index (χ1v) is 7.13. The molecule has 2 rings (SSSR count). The third kappa shape index (κ3) is 3.64. The molecular formula is C16H22S. The van der Waals surface area contributed by atoms with Crippen molar-refractivity contribution in [2.75, 3.05) is 0 Å². The number of benzene rings is 1. The second kappa shape index (κ2) is 4.53. The second-order valence-corrected chi connectivity index (χ2v) is 7.73. The van der Waals surface area contributed by atoms with Crippen LogP contribution in [0.2, 0.25) is 0 Å². The molecule has 0 aliphatic heterocycles. The molecule has 0 N–H and O–H groups in total. The summed E-state index contributed by atoms with van der Waals surface area (Å²) < 4.78 is 0. The van der Waals surface area contributed by atoms with E-state index in [1.165, 1.54) is 22.6 Å². The third-order valence-corrected chi connectivity index (χ3v) is 4.16. The topological polar surface area (TPSA) is 0 Å². The zero-order valence-corrected chi connectivity index (χ0v) is 12.1. The fourth-order valence-corrected chi connectivity index (χ4v) is 4.45. The van der Waals surface area contributed by atoms with Gasteiger partial charge in [0.1, 0.15) is 0 Å². The smallest absolute Gasteiger partial charge is 0.0118 e. The van der Waals surface area contributed by atoms with Gasteiger partial charge in [-0.1, -0.05) is 63.7 Å². The monoisotopic (exact) mass is 246 g/mol. The Labute approximate surface area is 110 Å². The van der Waals surface area contributed by atoms with Crippen LogP contribution in [0.25, 0.3) is 0 Å². The Kier molecular flexibility index (Phi) is 3.40. The van der Waals surface area contributed by atoms with Gasteiger partial charge in [0.2, 0.25) is 0 Å². The minimum atomic E-state index is 0.332. The van der Waals surface area contributed by atoms with Crippen LogP contribution >= 0.6 is 11.8 Å². The van der Waals surface area contributed by atoms with Gasteiger partial charge in [0.15, 0.2) is 0 Å². The quantitative estimate of drug-likeness (QED) is 0.663. The molecule has 1 aliphatic carbocycles. The molecule has 17 heavy (non-hydrogen) atoms. The Morgan fingerprint density at radius 1 is 1.00 bits per heavy atom. The molecule has 0 nitrogen and oxygen atoms in total. The minimum absolute atomic E-state index is 0.332. The van der Waals surface area contributed by atoms with Crippen LogP contribution in [-0.2, 0) is 0 Å². The summed E-state index contributed by atoms with van der Waals surface area (Å²) in [4.78, 5) is 2.88. The van der Waals surface area contributed by atoms with E-state index in [1.807, 2.05) is 11.8 Å². The molecule has 0 saturated heterocycles. The van der Waals surface area contributed by atoms with Crippen molar-refractivity contribution >= 4 is 11.8 Å². The fourth-order valence-electron chi connectivity index (χ4n) is 3.01. The summed E-state index contributed by atoms with van der Waals surface area (Å²) in [6.07, 6.45) is 4.95. The van der Waals surface area contributed by atoms with E-state index in [4.69, 9.17) is 0 Å². The molecule has 1 aromatic rings. The SMILES string of the molecule is CC1(C)C=C(Sc2ccccc2)CC(C)(C)C1. The predicted molar refractivity (Wildman–Crippen MR) is 77.2 cm³/mol. The van der Waals surface area contributed by atoms with Gasteiger partial charge in [-0.25, -0.2) is 0 Å². The van der Waals surface area contributed by atoms with Gasteiger partial charge >= 0.3 is 0 Å².